The molecule has 0 atom stereocenters. The third kappa shape index (κ3) is 4.77. The van der Waals surface area contributed by atoms with E-state index in [4.69, 9.17) is 27.9 Å². The Labute approximate surface area is 165 Å². The standard InChI is InChI=1S/C17H17Cl2N3OS2/c1-23-10-4-9-22-16(13-5-2-3-6-14(13)18)20-21-17(22)24-11-12-7-8-15(19)25-12/h2-3,5-8H,4,9-11H2,1H3. The van der Waals surface area contributed by atoms with E-state index in [0.29, 0.717) is 11.6 Å². The molecule has 0 saturated carbocycles. The fraction of sp³-hybridized carbons (Fsp3) is 0.294. The molecule has 1 aromatic carbocycles. The highest BCUT2D eigenvalue weighted by molar-refractivity contribution is 7.98. The largest absolute Gasteiger partial charge is 0.385 e. The second kappa shape index (κ2) is 9.05. The molecule has 3 aromatic rings. The third-order valence-corrected chi connectivity index (χ3v) is 6.29. The summed E-state index contributed by atoms with van der Waals surface area (Å²) in [6, 6.07) is 11.7. The first kappa shape index (κ1) is 18.7. The van der Waals surface area contributed by atoms with Crippen molar-refractivity contribution < 1.29 is 4.74 Å². The molecule has 0 aliphatic heterocycles. The van der Waals surface area contributed by atoms with Gasteiger partial charge >= 0.3 is 0 Å². The summed E-state index contributed by atoms with van der Waals surface area (Å²) >= 11 is 15.6. The quantitative estimate of drug-likeness (QED) is 0.353. The first-order valence-electron chi connectivity index (χ1n) is 7.73. The van der Waals surface area contributed by atoms with Gasteiger partial charge in [0.1, 0.15) is 0 Å². The number of methoxy groups -OCH3 is 1. The van der Waals surface area contributed by atoms with Gasteiger partial charge in [0.05, 0.1) is 9.36 Å². The number of nitrogens with zero attached hydrogens (tertiary/aromatic N) is 3. The van der Waals surface area contributed by atoms with Crippen molar-refractivity contribution in [2.45, 2.75) is 23.9 Å². The molecule has 0 radical (unpaired) electrons. The smallest absolute Gasteiger partial charge is 0.191 e. The van der Waals surface area contributed by atoms with Gasteiger partial charge in [-0.1, -0.05) is 47.1 Å². The van der Waals surface area contributed by atoms with Gasteiger partial charge < -0.3 is 9.30 Å². The van der Waals surface area contributed by atoms with Crippen LogP contribution < -0.4 is 0 Å². The van der Waals surface area contributed by atoms with Gasteiger partial charge in [0.15, 0.2) is 11.0 Å². The number of halogens is 2. The van der Waals surface area contributed by atoms with Crippen molar-refractivity contribution in [2.24, 2.45) is 0 Å². The van der Waals surface area contributed by atoms with E-state index in [1.54, 1.807) is 30.2 Å². The second-order valence-electron chi connectivity index (χ2n) is 5.28. The lowest BCUT2D eigenvalue weighted by Crippen LogP contribution is -2.05. The molecule has 0 unspecified atom stereocenters. The molecule has 0 N–H and O–H groups in total. The molecular formula is C17H17Cl2N3OS2. The first-order valence-corrected chi connectivity index (χ1v) is 10.3. The maximum absolute atomic E-state index is 6.35. The van der Waals surface area contributed by atoms with Gasteiger partial charge in [-0.05, 0) is 30.7 Å². The number of rotatable bonds is 8. The van der Waals surface area contributed by atoms with Crippen LogP contribution in [0.15, 0.2) is 41.6 Å². The van der Waals surface area contributed by atoms with Crippen LogP contribution in [-0.4, -0.2) is 28.5 Å². The van der Waals surface area contributed by atoms with Crippen LogP contribution in [0.25, 0.3) is 11.4 Å². The summed E-state index contributed by atoms with van der Waals surface area (Å²) < 4.78 is 8.09. The molecule has 0 bridgehead atoms. The van der Waals surface area contributed by atoms with Crippen LogP contribution >= 0.6 is 46.3 Å². The molecule has 3 rings (SSSR count). The monoisotopic (exact) mass is 413 g/mol. The van der Waals surface area contributed by atoms with Gasteiger partial charge in [-0.3, -0.25) is 0 Å². The second-order valence-corrected chi connectivity index (χ2v) is 8.43. The maximum atomic E-state index is 6.35. The van der Waals surface area contributed by atoms with Crippen LogP contribution in [0.5, 0.6) is 0 Å². The predicted octanol–water partition coefficient (Wildman–Crippen LogP) is 5.64. The molecule has 0 fully saturated rings. The van der Waals surface area contributed by atoms with Crippen molar-refractivity contribution in [3.05, 3.63) is 50.6 Å². The Morgan fingerprint density at radius 1 is 1.16 bits per heavy atom. The number of ether oxygens (including phenoxy) is 1. The molecular weight excluding hydrogens is 397 g/mol. The van der Waals surface area contributed by atoms with Gasteiger partial charge in [-0.15, -0.1) is 21.5 Å². The highest BCUT2D eigenvalue weighted by Gasteiger charge is 2.16. The van der Waals surface area contributed by atoms with Gasteiger partial charge in [0, 0.05) is 36.5 Å². The Kier molecular flexibility index (Phi) is 6.78. The zero-order chi connectivity index (χ0) is 17.6. The van der Waals surface area contributed by atoms with Crippen LogP contribution in [-0.2, 0) is 17.0 Å². The molecule has 0 amide bonds. The van der Waals surface area contributed by atoms with Crippen molar-refractivity contribution in [3.8, 4) is 11.4 Å². The number of thiophene rings is 1. The van der Waals surface area contributed by atoms with E-state index < -0.39 is 0 Å². The van der Waals surface area contributed by atoms with Gasteiger partial charge in [-0.25, -0.2) is 0 Å². The Hall–Kier alpha value is -1.05. The molecule has 0 spiro atoms. The van der Waals surface area contributed by atoms with E-state index in [1.807, 2.05) is 36.4 Å². The van der Waals surface area contributed by atoms with E-state index in [-0.39, 0.29) is 0 Å². The maximum Gasteiger partial charge on any atom is 0.191 e. The summed E-state index contributed by atoms with van der Waals surface area (Å²) in [6.07, 6.45) is 0.879. The predicted molar refractivity (Wildman–Crippen MR) is 106 cm³/mol. The van der Waals surface area contributed by atoms with Crippen molar-refractivity contribution >= 4 is 46.3 Å². The van der Waals surface area contributed by atoms with E-state index in [9.17, 15) is 0 Å². The molecule has 0 aliphatic rings. The highest BCUT2D eigenvalue weighted by atomic mass is 35.5. The Bertz CT molecular complexity index is 835. The minimum absolute atomic E-state index is 0.671. The lowest BCUT2D eigenvalue weighted by molar-refractivity contribution is 0.189. The highest BCUT2D eigenvalue weighted by Crippen LogP contribution is 2.32. The van der Waals surface area contributed by atoms with Crippen LogP contribution in [0.3, 0.4) is 0 Å². The van der Waals surface area contributed by atoms with Crippen LogP contribution in [0.2, 0.25) is 9.36 Å². The SMILES string of the molecule is COCCCn1c(SCc2ccc(Cl)s2)nnc1-c1ccccc1Cl. The Morgan fingerprint density at radius 3 is 2.72 bits per heavy atom. The van der Waals surface area contributed by atoms with Gasteiger partial charge in [0.25, 0.3) is 0 Å². The zero-order valence-electron chi connectivity index (χ0n) is 13.6. The lowest BCUT2D eigenvalue weighted by atomic mass is 10.2. The van der Waals surface area contributed by atoms with Crippen LogP contribution in [0.4, 0.5) is 0 Å². The fourth-order valence-corrected chi connectivity index (χ4v) is 4.69. The molecule has 8 heteroatoms. The third-order valence-electron chi connectivity index (χ3n) is 3.53. The van der Waals surface area contributed by atoms with Crippen molar-refractivity contribution in [1.29, 1.82) is 0 Å². The molecule has 4 nitrogen and oxygen atoms in total. The lowest BCUT2D eigenvalue weighted by Gasteiger charge is -2.10. The zero-order valence-corrected chi connectivity index (χ0v) is 16.8. The van der Waals surface area contributed by atoms with Crippen LogP contribution in [0, 0.1) is 0 Å². The van der Waals surface area contributed by atoms with Crippen molar-refractivity contribution in [1.82, 2.24) is 14.8 Å². The number of hydrogen-bond acceptors (Lipinski definition) is 5. The van der Waals surface area contributed by atoms with E-state index in [2.05, 4.69) is 14.8 Å². The molecule has 25 heavy (non-hydrogen) atoms. The topological polar surface area (TPSA) is 39.9 Å². The average molecular weight is 414 g/mol. The average Bonchev–Trinajstić information content (AvgIpc) is 3.20. The minimum atomic E-state index is 0.671. The molecule has 132 valence electrons. The van der Waals surface area contributed by atoms with Crippen molar-refractivity contribution in [3.63, 3.8) is 0 Å². The number of hydrogen-bond donors (Lipinski definition) is 0. The molecule has 2 aromatic heterocycles. The van der Waals surface area contributed by atoms with Crippen molar-refractivity contribution in [2.75, 3.05) is 13.7 Å². The summed E-state index contributed by atoms with van der Waals surface area (Å²) in [6.45, 7) is 1.46. The summed E-state index contributed by atoms with van der Waals surface area (Å²) in [5, 5.41) is 10.3. The molecule has 0 aliphatic carbocycles. The number of aromatic nitrogens is 3. The summed E-state index contributed by atoms with van der Waals surface area (Å²) in [5.41, 5.74) is 0.889. The Balaban J connectivity index is 1.85. The minimum Gasteiger partial charge on any atom is -0.385 e. The number of thioether (sulfide) groups is 1. The van der Waals surface area contributed by atoms with Crippen LogP contribution in [0.1, 0.15) is 11.3 Å². The summed E-state index contributed by atoms with van der Waals surface area (Å²) in [5.74, 6) is 1.59. The fourth-order valence-electron chi connectivity index (χ4n) is 2.37. The van der Waals surface area contributed by atoms with Gasteiger partial charge in [0.2, 0.25) is 0 Å². The Morgan fingerprint density at radius 2 is 2.00 bits per heavy atom. The first-order chi connectivity index (χ1) is 12.2. The van der Waals surface area contributed by atoms with E-state index >= 15 is 0 Å². The number of benzene rings is 1. The van der Waals surface area contributed by atoms with E-state index in [1.165, 1.54) is 4.88 Å². The molecule has 0 saturated heterocycles. The molecule has 2 heterocycles. The van der Waals surface area contributed by atoms with E-state index in [0.717, 1.165) is 39.6 Å². The summed E-state index contributed by atoms with van der Waals surface area (Å²) in [7, 11) is 1.71. The normalized spacial score (nSPS) is 11.2. The van der Waals surface area contributed by atoms with Gasteiger partial charge in [-0.2, -0.15) is 0 Å². The summed E-state index contributed by atoms with van der Waals surface area (Å²) in [4.78, 5) is 1.21.